The molecule has 0 saturated carbocycles. The van der Waals surface area contributed by atoms with Crippen molar-refractivity contribution in [3.8, 4) is 0 Å². The Hall–Kier alpha value is -2.71. The van der Waals surface area contributed by atoms with Crippen LogP contribution in [0.2, 0.25) is 0 Å². The van der Waals surface area contributed by atoms with Gasteiger partial charge < -0.3 is 19.0 Å². The van der Waals surface area contributed by atoms with Gasteiger partial charge in [0, 0.05) is 38.6 Å². The van der Waals surface area contributed by atoms with Crippen molar-refractivity contribution in [3.63, 3.8) is 0 Å². The third kappa shape index (κ3) is 9.27. The molecule has 3 rings (SSSR count). The number of unbranched alkanes of at least 4 members (excludes halogenated alkanes) is 1. The summed E-state index contributed by atoms with van der Waals surface area (Å²) in [6, 6.07) is 9.89. The molecule has 1 atom stereocenters. The lowest BCUT2D eigenvalue weighted by Crippen LogP contribution is -2.48. The monoisotopic (exact) mass is 515 g/mol. The molecule has 1 aromatic heterocycles. The fourth-order valence-electron chi connectivity index (χ4n) is 4.63. The van der Waals surface area contributed by atoms with Crippen LogP contribution in [-0.4, -0.2) is 72.5 Å². The number of morpholine rings is 1. The number of furan rings is 1. The highest BCUT2D eigenvalue weighted by molar-refractivity contribution is 5.86. The number of rotatable bonds is 14. The fraction of sp³-hybridized carbons (Fsp3) is 0.586. The molecule has 1 aliphatic heterocycles. The first-order valence-corrected chi connectivity index (χ1v) is 13.6. The van der Waals surface area contributed by atoms with Crippen LogP contribution in [0.25, 0.3) is 0 Å². The van der Waals surface area contributed by atoms with Crippen LogP contribution in [0.15, 0.2) is 40.8 Å². The molecular weight excluding hydrogens is 473 g/mol. The van der Waals surface area contributed by atoms with Crippen LogP contribution in [0.4, 0.5) is 4.39 Å². The van der Waals surface area contributed by atoms with Crippen LogP contribution >= 0.6 is 0 Å². The van der Waals surface area contributed by atoms with Crippen molar-refractivity contribution in [3.05, 3.63) is 59.3 Å². The van der Waals surface area contributed by atoms with Gasteiger partial charge in [0.1, 0.15) is 17.3 Å². The van der Waals surface area contributed by atoms with Crippen molar-refractivity contribution in [1.29, 1.82) is 0 Å². The molecule has 1 fully saturated rings. The topological polar surface area (TPSA) is 66.2 Å². The van der Waals surface area contributed by atoms with Crippen molar-refractivity contribution >= 4 is 11.8 Å². The summed E-state index contributed by atoms with van der Waals surface area (Å²) in [6.45, 7) is 10.9. The molecule has 2 heterocycles. The Morgan fingerprint density at radius 2 is 1.76 bits per heavy atom. The zero-order valence-corrected chi connectivity index (χ0v) is 22.6. The molecule has 204 valence electrons. The van der Waals surface area contributed by atoms with Gasteiger partial charge >= 0.3 is 0 Å². The highest BCUT2D eigenvalue weighted by Gasteiger charge is 2.27. The number of carbonyl (C=O) groups is 2. The Bertz CT molecular complexity index is 972. The van der Waals surface area contributed by atoms with E-state index in [4.69, 9.17) is 9.15 Å². The molecule has 37 heavy (non-hydrogen) atoms. The second kappa shape index (κ2) is 14.9. The standard InChI is InChI=1S/C29H42FN3O4/c1-4-6-7-25(5-2)29(35)32(15-14-31-16-18-36-19-17-31)22-28(34)33(21-27-13-8-23(3)37-27)20-24-9-11-26(30)12-10-24/h8-13,25H,4-7,14-22H2,1-3H3/t25-/m0/s1. The second-order valence-electron chi connectivity index (χ2n) is 9.85. The summed E-state index contributed by atoms with van der Waals surface area (Å²) in [5, 5.41) is 0. The van der Waals surface area contributed by atoms with Gasteiger partial charge in [0.25, 0.3) is 0 Å². The summed E-state index contributed by atoms with van der Waals surface area (Å²) in [7, 11) is 0. The average Bonchev–Trinajstić information content (AvgIpc) is 3.32. The molecule has 1 aliphatic rings. The number of halogens is 1. The van der Waals surface area contributed by atoms with Gasteiger partial charge in [-0.2, -0.15) is 0 Å². The minimum atomic E-state index is -0.319. The van der Waals surface area contributed by atoms with Gasteiger partial charge in [-0.1, -0.05) is 38.8 Å². The second-order valence-corrected chi connectivity index (χ2v) is 9.85. The number of amides is 2. The molecule has 0 radical (unpaired) electrons. The predicted octanol–water partition coefficient (Wildman–Crippen LogP) is 4.63. The summed E-state index contributed by atoms with van der Waals surface area (Å²) in [6.07, 6.45) is 3.61. The molecular formula is C29H42FN3O4. The Morgan fingerprint density at radius 1 is 1.03 bits per heavy atom. The van der Waals surface area contributed by atoms with Crippen LogP contribution < -0.4 is 0 Å². The zero-order valence-electron chi connectivity index (χ0n) is 22.6. The number of aryl methyl sites for hydroxylation is 1. The Kier molecular flexibility index (Phi) is 11.6. The number of ether oxygens (including phenoxy) is 1. The first-order valence-electron chi connectivity index (χ1n) is 13.6. The first kappa shape index (κ1) is 28.9. The molecule has 0 bridgehead atoms. The van der Waals surface area contributed by atoms with Crippen LogP contribution in [0.5, 0.6) is 0 Å². The van der Waals surface area contributed by atoms with Gasteiger partial charge in [-0.05, 0) is 49.6 Å². The largest absolute Gasteiger partial charge is 0.464 e. The molecule has 2 aromatic rings. The lowest BCUT2D eigenvalue weighted by atomic mass is 9.97. The van der Waals surface area contributed by atoms with E-state index in [1.54, 1.807) is 21.9 Å². The van der Waals surface area contributed by atoms with E-state index in [9.17, 15) is 14.0 Å². The van der Waals surface area contributed by atoms with Crippen LogP contribution in [0.3, 0.4) is 0 Å². The number of hydrogen-bond donors (Lipinski definition) is 0. The van der Waals surface area contributed by atoms with Gasteiger partial charge in [0.15, 0.2) is 0 Å². The molecule has 7 nitrogen and oxygen atoms in total. The van der Waals surface area contributed by atoms with Gasteiger partial charge in [-0.15, -0.1) is 0 Å². The van der Waals surface area contributed by atoms with E-state index in [-0.39, 0.29) is 36.6 Å². The summed E-state index contributed by atoms with van der Waals surface area (Å²) in [5.41, 5.74) is 0.818. The number of carbonyl (C=O) groups excluding carboxylic acids is 2. The van der Waals surface area contributed by atoms with E-state index in [1.165, 1.54) is 12.1 Å². The quantitative estimate of drug-likeness (QED) is 0.367. The first-order chi connectivity index (χ1) is 17.9. The molecule has 2 amide bonds. The SMILES string of the molecule is CCCC[C@H](CC)C(=O)N(CCN1CCOCC1)CC(=O)N(Cc1ccc(F)cc1)Cc1ccc(C)o1. The van der Waals surface area contributed by atoms with Gasteiger partial charge in [0.2, 0.25) is 11.8 Å². The molecule has 8 heteroatoms. The summed E-state index contributed by atoms with van der Waals surface area (Å²) in [4.78, 5) is 33.0. The van der Waals surface area contributed by atoms with E-state index in [1.807, 2.05) is 26.0 Å². The normalized spacial score (nSPS) is 14.9. The van der Waals surface area contributed by atoms with E-state index in [0.717, 1.165) is 50.1 Å². The van der Waals surface area contributed by atoms with Gasteiger partial charge in [-0.3, -0.25) is 14.5 Å². The third-order valence-corrected chi connectivity index (χ3v) is 6.96. The third-order valence-electron chi connectivity index (χ3n) is 6.96. The maximum Gasteiger partial charge on any atom is 0.242 e. The van der Waals surface area contributed by atoms with E-state index in [0.29, 0.717) is 38.6 Å². The maximum atomic E-state index is 13.7. The van der Waals surface area contributed by atoms with E-state index >= 15 is 0 Å². The van der Waals surface area contributed by atoms with Crippen molar-refractivity contribution < 1.29 is 23.1 Å². The molecule has 0 aliphatic carbocycles. The van der Waals surface area contributed by atoms with Crippen LogP contribution in [0, 0.1) is 18.7 Å². The number of hydrogen-bond acceptors (Lipinski definition) is 5. The van der Waals surface area contributed by atoms with E-state index < -0.39 is 0 Å². The molecule has 1 saturated heterocycles. The predicted molar refractivity (Wildman–Crippen MR) is 141 cm³/mol. The molecule has 0 N–H and O–H groups in total. The van der Waals surface area contributed by atoms with Crippen molar-refractivity contribution in [2.24, 2.45) is 5.92 Å². The zero-order chi connectivity index (χ0) is 26.6. The minimum absolute atomic E-state index is 0.00663. The Labute approximate surface area is 220 Å². The van der Waals surface area contributed by atoms with Gasteiger partial charge in [-0.25, -0.2) is 4.39 Å². The summed E-state index contributed by atoms with van der Waals surface area (Å²) in [5.74, 6) is 0.936. The lowest BCUT2D eigenvalue weighted by molar-refractivity contribution is -0.144. The highest BCUT2D eigenvalue weighted by Crippen LogP contribution is 2.18. The smallest absolute Gasteiger partial charge is 0.242 e. The fourth-order valence-corrected chi connectivity index (χ4v) is 4.63. The summed E-state index contributed by atoms with van der Waals surface area (Å²) < 4.78 is 24.7. The van der Waals surface area contributed by atoms with Crippen LogP contribution in [0.1, 0.15) is 56.6 Å². The summed E-state index contributed by atoms with van der Waals surface area (Å²) >= 11 is 0. The van der Waals surface area contributed by atoms with Crippen molar-refractivity contribution in [2.45, 2.75) is 59.5 Å². The Balaban J connectivity index is 1.77. The average molecular weight is 516 g/mol. The van der Waals surface area contributed by atoms with Crippen LogP contribution in [-0.2, 0) is 27.4 Å². The van der Waals surface area contributed by atoms with E-state index in [2.05, 4.69) is 11.8 Å². The molecule has 0 spiro atoms. The highest BCUT2D eigenvalue weighted by atomic mass is 19.1. The molecule has 0 unspecified atom stereocenters. The maximum absolute atomic E-state index is 13.7. The molecule has 1 aromatic carbocycles. The number of nitrogens with zero attached hydrogens (tertiary/aromatic N) is 3. The van der Waals surface area contributed by atoms with Gasteiger partial charge in [0.05, 0.1) is 26.3 Å². The lowest BCUT2D eigenvalue weighted by Gasteiger charge is -2.33. The van der Waals surface area contributed by atoms with Crippen molar-refractivity contribution in [1.82, 2.24) is 14.7 Å². The minimum Gasteiger partial charge on any atom is -0.464 e. The number of benzene rings is 1. The van der Waals surface area contributed by atoms with Crippen molar-refractivity contribution in [2.75, 3.05) is 45.9 Å². The Morgan fingerprint density at radius 3 is 2.38 bits per heavy atom.